The lowest BCUT2D eigenvalue weighted by atomic mass is 10.2. The lowest BCUT2D eigenvalue weighted by Crippen LogP contribution is -2.15. The molecule has 0 saturated carbocycles. The lowest BCUT2D eigenvalue weighted by molar-refractivity contribution is -0.384. The Morgan fingerprint density at radius 2 is 2.40 bits per heavy atom. The molecule has 1 aromatic heterocycles. The second-order valence-electron chi connectivity index (χ2n) is 4.76. The molecule has 1 aliphatic heterocycles. The third-order valence-corrected chi connectivity index (χ3v) is 4.64. The van der Waals surface area contributed by atoms with Crippen LogP contribution < -0.4 is 5.32 Å². The van der Waals surface area contributed by atoms with Crippen molar-refractivity contribution in [3.63, 3.8) is 0 Å². The molecule has 0 amide bonds. The minimum atomic E-state index is -1.31. The molecule has 1 fully saturated rings. The molecule has 0 spiro atoms. The fourth-order valence-electron chi connectivity index (χ4n) is 2.25. The minimum Gasteiger partial charge on any atom is -0.430 e. The number of rotatable bonds is 4. The second kappa shape index (κ2) is 5.29. The van der Waals surface area contributed by atoms with E-state index in [-0.39, 0.29) is 10.9 Å². The number of nitro benzene ring substituents is 1. The first-order valence-corrected chi connectivity index (χ1v) is 7.59. The molecule has 3 rings (SSSR count). The second-order valence-corrected chi connectivity index (χ2v) is 6.13. The van der Waals surface area contributed by atoms with Crippen molar-refractivity contribution in [2.45, 2.75) is 11.6 Å². The SMILES string of the molecule is O=[N+]([O-])c1ccc2oc([S@](=O)C[C@@H]3CCNC3)nc2c1. The van der Waals surface area contributed by atoms with E-state index < -0.39 is 15.7 Å². The van der Waals surface area contributed by atoms with E-state index in [9.17, 15) is 14.3 Å². The van der Waals surface area contributed by atoms with Crippen molar-refractivity contribution in [1.82, 2.24) is 10.3 Å². The van der Waals surface area contributed by atoms with Crippen LogP contribution in [0.3, 0.4) is 0 Å². The molecule has 2 heterocycles. The zero-order chi connectivity index (χ0) is 14.1. The van der Waals surface area contributed by atoms with Gasteiger partial charge in [0.05, 0.1) is 4.92 Å². The van der Waals surface area contributed by atoms with Gasteiger partial charge in [0.2, 0.25) is 0 Å². The molecule has 106 valence electrons. The zero-order valence-corrected chi connectivity index (χ0v) is 11.4. The number of nitrogens with one attached hydrogen (secondary N) is 1. The Morgan fingerprint density at radius 1 is 1.55 bits per heavy atom. The van der Waals surface area contributed by atoms with Crippen LogP contribution in [-0.4, -0.2) is 33.0 Å². The average Bonchev–Trinajstić information content (AvgIpc) is 3.05. The molecule has 1 saturated heterocycles. The summed E-state index contributed by atoms with van der Waals surface area (Å²) in [7, 11) is -1.31. The Balaban J connectivity index is 1.84. The van der Waals surface area contributed by atoms with Crippen LogP contribution in [0.15, 0.2) is 27.8 Å². The van der Waals surface area contributed by atoms with Gasteiger partial charge in [0, 0.05) is 17.9 Å². The molecule has 1 aromatic carbocycles. The summed E-state index contributed by atoms with van der Waals surface area (Å²) in [6.07, 6.45) is 0.997. The number of benzene rings is 1. The number of aromatic nitrogens is 1. The van der Waals surface area contributed by atoms with E-state index in [1.54, 1.807) is 0 Å². The minimum absolute atomic E-state index is 0.0527. The van der Waals surface area contributed by atoms with Gasteiger partial charge in [0.1, 0.15) is 16.3 Å². The maximum absolute atomic E-state index is 12.2. The zero-order valence-electron chi connectivity index (χ0n) is 10.6. The van der Waals surface area contributed by atoms with E-state index in [0.717, 1.165) is 19.5 Å². The Kier molecular flexibility index (Phi) is 3.49. The maximum atomic E-state index is 12.2. The molecule has 1 aliphatic rings. The summed E-state index contributed by atoms with van der Waals surface area (Å²) < 4.78 is 17.6. The third kappa shape index (κ3) is 2.56. The van der Waals surface area contributed by atoms with Gasteiger partial charge in [-0.1, -0.05) is 0 Å². The summed E-state index contributed by atoms with van der Waals surface area (Å²) in [6, 6.07) is 4.16. The molecule has 0 radical (unpaired) electrons. The van der Waals surface area contributed by atoms with E-state index in [1.807, 2.05) is 0 Å². The highest BCUT2D eigenvalue weighted by Crippen LogP contribution is 2.23. The largest absolute Gasteiger partial charge is 0.430 e. The first kappa shape index (κ1) is 13.2. The first-order valence-electron chi connectivity index (χ1n) is 6.27. The molecule has 1 N–H and O–H groups in total. The highest BCUT2D eigenvalue weighted by Gasteiger charge is 2.21. The molecule has 20 heavy (non-hydrogen) atoms. The van der Waals surface area contributed by atoms with Gasteiger partial charge in [-0.25, -0.2) is 9.19 Å². The van der Waals surface area contributed by atoms with E-state index in [2.05, 4.69) is 10.3 Å². The van der Waals surface area contributed by atoms with Crippen molar-refractivity contribution in [2.75, 3.05) is 18.8 Å². The lowest BCUT2D eigenvalue weighted by Gasteiger charge is -2.04. The van der Waals surface area contributed by atoms with E-state index in [0.29, 0.717) is 22.8 Å². The number of oxazole rings is 1. The van der Waals surface area contributed by atoms with Crippen LogP contribution in [0.25, 0.3) is 11.1 Å². The van der Waals surface area contributed by atoms with Gasteiger partial charge in [0.25, 0.3) is 10.9 Å². The van der Waals surface area contributed by atoms with Gasteiger partial charge in [-0.2, -0.15) is 0 Å². The molecule has 0 aliphatic carbocycles. The van der Waals surface area contributed by atoms with E-state index in [1.165, 1.54) is 18.2 Å². The molecular formula is C12H13N3O4S. The van der Waals surface area contributed by atoms with Crippen LogP contribution in [0.4, 0.5) is 5.69 Å². The van der Waals surface area contributed by atoms with Gasteiger partial charge in [-0.15, -0.1) is 0 Å². The topological polar surface area (TPSA) is 98.3 Å². The van der Waals surface area contributed by atoms with Crippen molar-refractivity contribution in [2.24, 2.45) is 5.92 Å². The van der Waals surface area contributed by atoms with Crippen LogP contribution in [-0.2, 0) is 10.8 Å². The van der Waals surface area contributed by atoms with Crippen LogP contribution >= 0.6 is 0 Å². The molecule has 2 atom stereocenters. The number of nitro groups is 1. The average molecular weight is 295 g/mol. The fraction of sp³-hybridized carbons (Fsp3) is 0.417. The molecule has 7 nitrogen and oxygen atoms in total. The van der Waals surface area contributed by atoms with Crippen LogP contribution in [0.1, 0.15) is 6.42 Å². The molecular weight excluding hydrogens is 282 g/mol. The summed E-state index contributed by atoms with van der Waals surface area (Å²) in [4.78, 5) is 14.3. The monoisotopic (exact) mass is 295 g/mol. The van der Waals surface area contributed by atoms with Crippen molar-refractivity contribution < 1.29 is 13.5 Å². The van der Waals surface area contributed by atoms with E-state index >= 15 is 0 Å². The van der Waals surface area contributed by atoms with Gasteiger partial charge in [-0.05, 0) is 31.5 Å². The number of hydrogen-bond acceptors (Lipinski definition) is 6. The highest BCUT2D eigenvalue weighted by atomic mass is 32.2. The predicted octanol–water partition coefficient (Wildman–Crippen LogP) is 1.45. The number of fused-ring (bicyclic) bond motifs is 1. The Bertz CT molecular complexity index is 678. The van der Waals surface area contributed by atoms with Gasteiger partial charge in [0.15, 0.2) is 5.58 Å². The Morgan fingerprint density at radius 3 is 3.10 bits per heavy atom. The number of nitrogens with zero attached hydrogens (tertiary/aromatic N) is 2. The van der Waals surface area contributed by atoms with Crippen molar-refractivity contribution in [1.29, 1.82) is 0 Å². The molecule has 2 aromatic rings. The van der Waals surface area contributed by atoms with Crippen LogP contribution in [0.2, 0.25) is 0 Å². The first-order chi connectivity index (χ1) is 9.63. The summed E-state index contributed by atoms with van der Waals surface area (Å²) in [5, 5.41) is 14.1. The normalized spacial score (nSPS) is 20.3. The Labute approximate surface area is 117 Å². The Hall–Kier alpha value is -1.80. The quantitative estimate of drug-likeness (QED) is 0.677. The smallest absolute Gasteiger partial charge is 0.287 e. The molecule has 8 heteroatoms. The van der Waals surface area contributed by atoms with Crippen molar-refractivity contribution >= 4 is 27.6 Å². The van der Waals surface area contributed by atoms with Gasteiger partial charge in [-0.3, -0.25) is 10.1 Å². The van der Waals surface area contributed by atoms with Crippen LogP contribution in [0, 0.1) is 16.0 Å². The molecule has 0 bridgehead atoms. The molecule has 0 unspecified atom stereocenters. The third-order valence-electron chi connectivity index (χ3n) is 3.31. The summed E-state index contributed by atoms with van der Waals surface area (Å²) in [6.45, 7) is 1.80. The van der Waals surface area contributed by atoms with Crippen molar-refractivity contribution in [3.8, 4) is 0 Å². The number of hydrogen-bond donors (Lipinski definition) is 1. The summed E-state index contributed by atoms with van der Waals surface area (Å²) in [5.41, 5.74) is 0.735. The van der Waals surface area contributed by atoms with E-state index in [4.69, 9.17) is 4.42 Å². The van der Waals surface area contributed by atoms with Gasteiger partial charge < -0.3 is 9.73 Å². The standard InChI is InChI=1S/C12H13N3O4S/c16-15(17)9-1-2-11-10(5-9)14-12(19-11)20(18)7-8-3-4-13-6-8/h1-2,5,8,13H,3-4,6-7H2/t8-,20-/m1/s1. The number of non-ortho nitro benzene ring substituents is 1. The van der Waals surface area contributed by atoms with Gasteiger partial charge >= 0.3 is 0 Å². The summed E-state index contributed by atoms with van der Waals surface area (Å²) >= 11 is 0. The summed E-state index contributed by atoms with van der Waals surface area (Å²) in [5.74, 6) is 0.863. The van der Waals surface area contributed by atoms with Crippen LogP contribution in [0.5, 0.6) is 0 Å². The maximum Gasteiger partial charge on any atom is 0.287 e. The van der Waals surface area contributed by atoms with Crippen molar-refractivity contribution in [3.05, 3.63) is 28.3 Å². The predicted molar refractivity (Wildman–Crippen MR) is 72.9 cm³/mol. The fourth-order valence-corrected chi connectivity index (χ4v) is 3.49. The highest BCUT2D eigenvalue weighted by molar-refractivity contribution is 7.84.